The fourth-order valence-electron chi connectivity index (χ4n) is 2.65. The third kappa shape index (κ3) is 4.82. The first-order chi connectivity index (χ1) is 12.1. The van der Waals surface area contributed by atoms with E-state index in [0.29, 0.717) is 13.0 Å². The zero-order valence-corrected chi connectivity index (χ0v) is 13.9. The average molecular weight is 342 g/mol. The number of aromatic amines is 1. The van der Waals surface area contributed by atoms with Crippen LogP contribution in [0.5, 0.6) is 0 Å². The van der Waals surface area contributed by atoms with Crippen molar-refractivity contribution in [1.29, 1.82) is 0 Å². The molecule has 0 bridgehead atoms. The highest BCUT2D eigenvalue weighted by atomic mass is 16.2. The van der Waals surface area contributed by atoms with E-state index in [4.69, 9.17) is 0 Å². The highest BCUT2D eigenvalue weighted by Crippen LogP contribution is 2.28. The minimum atomic E-state index is -0.278. The number of para-hydroxylation sites is 1. The van der Waals surface area contributed by atoms with Crippen molar-refractivity contribution < 1.29 is 14.4 Å². The van der Waals surface area contributed by atoms with Gasteiger partial charge in [-0.25, -0.2) is 0 Å². The highest BCUT2D eigenvalue weighted by molar-refractivity contribution is 5.89. The van der Waals surface area contributed by atoms with E-state index in [1.54, 1.807) is 6.20 Å². The van der Waals surface area contributed by atoms with Gasteiger partial charge in [-0.15, -0.1) is 0 Å². The first kappa shape index (κ1) is 17.0. The van der Waals surface area contributed by atoms with Crippen molar-refractivity contribution in [1.82, 2.24) is 21.2 Å². The van der Waals surface area contributed by atoms with Crippen LogP contribution in [0.2, 0.25) is 0 Å². The van der Waals surface area contributed by atoms with Crippen molar-refractivity contribution >= 4 is 28.6 Å². The molecule has 3 amide bonds. The number of hydrogen-bond donors (Lipinski definition) is 4. The van der Waals surface area contributed by atoms with E-state index in [2.05, 4.69) is 21.2 Å². The molecule has 0 atom stereocenters. The van der Waals surface area contributed by atoms with E-state index >= 15 is 0 Å². The topological polar surface area (TPSA) is 103 Å². The lowest BCUT2D eigenvalue weighted by Gasteiger charge is -2.07. The van der Waals surface area contributed by atoms with E-state index in [0.717, 1.165) is 29.3 Å². The molecule has 0 unspecified atom stereocenters. The van der Waals surface area contributed by atoms with E-state index in [9.17, 15) is 14.4 Å². The summed E-state index contributed by atoms with van der Waals surface area (Å²) in [5.41, 5.74) is 6.68. The molecule has 0 radical (unpaired) electrons. The van der Waals surface area contributed by atoms with Crippen LogP contribution in [0.1, 0.15) is 31.2 Å². The number of amides is 3. The summed E-state index contributed by atoms with van der Waals surface area (Å²) < 4.78 is 0. The lowest BCUT2D eigenvalue weighted by molar-refractivity contribution is -0.128. The molecule has 1 saturated carbocycles. The number of nitrogens with one attached hydrogen (secondary N) is 4. The van der Waals surface area contributed by atoms with Gasteiger partial charge in [0.05, 0.1) is 6.42 Å². The van der Waals surface area contributed by atoms with Crippen LogP contribution >= 0.6 is 0 Å². The zero-order chi connectivity index (χ0) is 17.6. The van der Waals surface area contributed by atoms with Gasteiger partial charge in [-0.1, -0.05) is 18.2 Å². The van der Waals surface area contributed by atoms with Crippen LogP contribution in [0.3, 0.4) is 0 Å². The summed E-state index contributed by atoms with van der Waals surface area (Å²) in [6.07, 6.45) is 4.71. The van der Waals surface area contributed by atoms with Gasteiger partial charge < -0.3 is 10.3 Å². The molecular formula is C18H22N4O3. The predicted molar refractivity (Wildman–Crippen MR) is 93.3 cm³/mol. The van der Waals surface area contributed by atoms with Gasteiger partial charge >= 0.3 is 0 Å². The zero-order valence-electron chi connectivity index (χ0n) is 13.9. The van der Waals surface area contributed by atoms with Gasteiger partial charge in [0.2, 0.25) is 17.7 Å². The molecule has 1 aliphatic rings. The fraction of sp³-hybridized carbons (Fsp3) is 0.389. The first-order valence-electron chi connectivity index (χ1n) is 8.54. The standard InChI is InChI=1S/C18H22N4O3/c23-16(6-3-9-19-18(25)12-7-8-12)21-22-17(24)10-13-11-20-15-5-2-1-4-14(13)15/h1-2,4-5,11-12,20H,3,6-10H2,(H,19,25)(H,21,23)(H,22,24). The molecule has 2 aromatic rings. The molecule has 1 heterocycles. The maximum Gasteiger partial charge on any atom is 0.242 e. The maximum absolute atomic E-state index is 12.0. The number of aromatic nitrogens is 1. The van der Waals surface area contributed by atoms with E-state index in [1.165, 1.54) is 0 Å². The van der Waals surface area contributed by atoms with Crippen LogP contribution in [-0.2, 0) is 20.8 Å². The fourth-order valence-corrected chi connectivity index (χ4v) is 2.65. The van der Waals surface area contributed by atoms with Gasteiger partial charge in [-0.3, -0.25) is 25.2 Å². The van der Waals surface area contributed by atoms with Crippen molar-refractivity contribution in [2.75, 3.05) is 6.54 Å². The van der Waals surface area contributed by atoms with Crippen LogP contribution in [0.25, 0.3) is 10.9 Å². The van der Waals surface area contributed by atoms with Crippen molar-refractivity contribution in [2.24, 2.45) is 5.92 Å². The number of fused-ring (bicyclic) bond motifs is 1. The lowest BCUT2D eigenvalue weighted by atomic mass is 10.1. The number of benzene rings is 1. The summed E-state index contributed by atoms with van der Waals surface area (Å²) in [5.74, 6) is -0.293. The van der Waals surface area contributed by atoms with Crippen molar-refractivity contribution in [3.63, 3.8) is 0 Å². The number of H-pyrrole nitrogens is 1. The van der Waals surface area contributed by atoms with E-state index in [-0.39, 0.29) is 36.5 Å². The Morgan fingerprint density at radius 3 is 2.64 bits per heavy atom. The second-order valence-electron chi connectivity index (χ2n) is 6.30. The summed E-state index contributed by atoms with van der Waals surface area (Å²) in [4.78, 5) is 38.2. The second-order valence-corrected chi connectivity index (χ2v) is 6.30. The summed E-state index contributed by atoms with van der Waals surface area (Å²) in [6.45, 7) is 0.478. The molecule has 1 fully saturated rings. The third-order valence-electron chi connectivity index (χ3n) is 4.20. The molecule has 4 N–H and O–H groups in total. The van der Waals surface area contributed by atoms with Gasteiger partial charge in [0, 0.05) is 36.0 Å². The van der Waals surface area contributed by atoms with Crippen LogP contribution in [0, 0.1) is 5.92 Å². The van der Waals surface area contributed by atoms with Crippen molar-refractivity contribution in [3.8, 4) is 0 Å². The van der Waals surface area contributed by atoms with Crippen LogP contribution in [0.4, 0.5) is 0 Å². The Bertz CT molecular complexity index is 779. The molecule has 1 aromatic carbocycles. The first-order valence-corrected chi connectivity index (χ1v) is 8.54. The number of carbonyl (C=O) groups is 3. The molecule has 1 aliphatic carbocycles. The van der Waals surface area contributed by atoms with E-state index < -0.39 is 0 Å². The number of carbonyl (C=O) groups excluding carboxylic acids is 3. The Kier molecular flexibility index (Phi) is 5.33. The Hall–Kier alpha value is -2.83. The van der Waals surface area contributed by atoms with Gasteiger partial charge in [-0.05, 0) is 30.9 Å². The van der Waals surface area contributed by atoms with Gasteiger partial charge in [0.1, 0.15) is 0 Å². The van der Waals surface area contributed by atoms with E-state index in [1.807, 2.05) is 24.3 Å². The van der Waals surface area contributed by atoms with Crippen LogP contribution < -0.4 is 16.2 Å². The Balaban J connectivity index is 1.34. The van der Waals surface area contributed by atoms with Gasteiger partial charge in [0.15, 0.2) is 0 Å². The Morgan fingerprint density at radius 2 is 1.84 bits per heavy atom. The quantitative estimate of drug-likeness (QED) is 0.448. The molecule has 0 saturated heterocycles. The van der Waals surface area contributed by atoms with Crippen LogP contribution in [-0.4, -0.2) is 29.3 Å². The molecule has 3 rings (SSSR count). The van der Waals surface area contributed by atoms with Gasteiger partial charge in [-0.2, -0.15) is 0 Å². The number of rotatable bonds is 7. The molecule has 0 aliphatic heterocycles. The molecular weight excluding hydrogens is 320 g/mol. The number of hydrazine groups is 1. The predicted octanol–water partition coefficient (Wildman–Crippen LogP) is 1.16. The summed E-state index contributed by atoms with van der Waals surface area (Å²) in [6, 6.07) is 7.74. The summed E-state index contributed by atoms with van der Waals surface area (Å²) in [7, 11) is 0. The minimum absolute atomic E-state index is 0.0763. The van der Waals surface area contributed by atoms with Crippen molar-refractivity contribution in [2.45, 2.75) is 32.1 Å². The monoisotopic (exact) mass is 342 g/mol. The smallest absolute Gasteiger partial charge is 0.242 e. The molecule has 132 valence electrons. The molecule has 1 aromatic heterocycles. The third-order valence-corrected chi connectivity index (χ3v) is 4.20. The normalized spacial score (nSPS) is 13.4. The molecule has 7 nitrogen and oxygen atoms in total. The maximum atomic E-state index is 12.0. The summed E-state index contributed by atoms with van der Waals surface area (Å²) in [5, 5.41) is 3.80. The second kappa shape index (κ2) is 7.83. The molecule has 7 heteroatoms. The average Bonchev–Trinajstić information content (AvgIpc) is 3.39. The minimum Gasteiger partial charge on any atom is -0.361 e. The molecule has 0 spiro atoms. The molecule has 25 heavy (non-hydrogen) atoms. The Labute approximate surface area is 145 Å². The Morgan fingerprint density at radius 1 is 1.08 bits per heavy atom. The SMILES string of the molecule is O=C(CCCNC(=O)C1CC1)NNC(=O)Cc1c[nH]c2ccccc12. The lowest BCUT2D eigenvalue weighted by Crippen LogP contribution is -2.42. The van der Waals surface area contributed by atoms with Crippen molar-refractivity contribution in [3.05, 3.63) is 36.0 Å². The largest absolute Gasteiger partial charge is 0.361 e. The summed E-state index contributed by atoms with van der Waals surface area (Å²) >= 11 is 0. The van der Waals surface area contributed by atoms with Crippen LogP contribution in [0.15, 0.2) is 30.5 Å². The number of hydrogen-bond acceptors (Lipinski definition) is 3. The van der Waals surface area contributed by atoms with Gasteiger partial charge in [0.25, 0.3) is 0 Å². The highest BCUT2D eigenvalue weighted by Gasteiger charge is 2.28.